The second-order valence-electron chi connectivity index (χ2n) is 11.1. The van der Waals surface area contributed by atoms with Crippen molar-refractivity contribution in [2.45, 2.75) is 20.4 Å². The number of nitrogens with one attached hydrogen (secondary N) is 1. The van der Waals surface area contributed by atoms with Crippen LogP contribution < -0.4 is 10.1 Å². The van der Waals surface area contributed by atoms with Crippen LogP contribution in [0.15, 0.2) is 73.2 Å². The molecule has 214 valence electrons. The van der Waals surface area contributed by atoms with Gasteiger partial charge in [-0.05, 0) is 80.1 Å². The molecule has 1 saturated heterocycles. The first-order chi connectivity index (χ1) is 20.3. The first-order valence-corrected chi connectivity index (χ1v) is 14.2. The van der Waals surface area contributed by atoms with Crippen LogP contribution >= 0.6 is 0 Å². The molecule has 1 aliphatic heterocycles. The molecule has 1 aliphatic rings. The molecule has 0 radical (unpaired) electrons. The van der Waals surface area contributed by atoms with Crippen LogP contribution in [0.3, 0.4) is 0 Å². The number of rotatable bonds is 7. The summed E-state index contributed by atoms with van der Waals surface area (Å²) in [5.74, 6) is 1.33. The summed E-state index contributed by atoms with van der Waals surface area (Å²) in [6.45, 7) is 9.12. The van der Waals surface area contributed by atoms with E-state index in [-0.39, 0.29) is 5.91 Å². The molecule has 9 nitrogen and oxygen atoms in total. The lowest BCUT2D eigenvalue weighted by Crippen LogP contribution is -2.43. The smallest absolute Gasteiger partial charge is 0.255 e. The van der Waals surface area contributed by atoms with Gasteiger partial charge in [0.2, 0.25) is 5.88 Å². The van der Waals surface area contributed by atoms with Crippen molar-refractivity contribution in [3.05, 3.63) is 95.4 Å². The summed E-state index contributed by atoms with van der Waals surface area (Å²) in [7, 11) is 4.09. The van der Waals surface area contributed by atoms with Crippen LogP contribution in [0.4, 0.5) is 5.69 Å². The maximum atomic E-state index is 13.4. The lowest BCUT2D eigenvalue weighted by molar-refractivity contribution is 0.102. The van der Waals surface area contributed by atoms with Crippen LogP contribution in [0.5, 0.6) is 11.6 Å². The van der Waals surface area contributed by atoms with Gasteiger partial charge in [0.1, 0.15) is 11.3 Å². The summed E-state index contributed by atoms with van der Waals surface area (Å²) in [6, 6.07) is 17.4. The van der Waals surface area contributed by atoms with E-state index in [1.165, 1.54) is 5.56 Å². The van der Waals surface area contributed by atoms with Crippen molar-refractivity contribution < 1.29 is 9.53 Å². The molecule has 4 heterocycles. The number of ether oxygens (including phenoxy) is 1. The Morgan fingerprint density at radius 3 is 2.50 bits per heavy atom. The van der Waals surface area contributed by atoms with E-state index in [0.29, 0.717) is 23.0 Å². The Labute approximate surface area is 245 Å². The summed E-state index contributed by atoms with van der Waals surface area (Å²) < 4.78 is 8.35. The van der Waals surface area contributed by atoms with Crippen molar-refractivity contribution in [3.8, 4) is 23.0 Å². The number of hydrogen-bond donors (Lipinski definition) is 1. The van der Waals surface area contributed by atoms with Crippen LogP contribution in [0.2, 0.25) is 0 Å². The molecule has 1 N–H and O–H groups in total. The lowest BCUT2D eigenvalue weighted by Gasteiger charge is -2.32. The topological polar surface area (TPSA) is 88.4 Å². The quantitative estimate of drug-likeness (QED) is 0.283. The van der Waals surface area contributed by atoms with Gasteiger partial charge in [0.25, 0.3) is 5.91 Å². The summed E-state index contributed by atoms with van der Waals surface area (Å²) in [6.07, 6.45) is 5.35. The Morgan fingerprint density at radius 1 is 0.929 bits per heavy atom. The second-order valence-corrected chi connectivity index (χ2v) is 11.1. The SMILES string of the molecule is Cc1cc(CN2CCN(C)CC2)cc(NC(=O)c2ccc(C)c(Oc3nc(-c4ccncc4)nc4ccn(C)c34)c2)c1. The van der Waals surface area contributed by atoms with E-state index in [1.807, 2.05) is 61.1 Å². The standard InChI is InChI=1S/C33H35N7O2/c1-22-17-24(21-40-15-13-38(3)14-16-40)19-27(18-22)35-32(41)26-6-5-23(2)29(20-26)42-33-30-28(9-12-39(30)4)36-31(37-33)25-7-10-34-11-8-25/h5-12,17-20H,13-16,21H2,1-4H3,(H,35,41). The van der Waals surface area contributed by atoms with Crippen molar-refractivity contribution >= 4 is 22.6 Å². The molecule has 6 rings (SSSR count). The van der Waals surface area contributed by atoms with Gasteiger partial charge in [-0.2, -0.15) is 4.98 Å². The predicted molar refractivity (Wildman–Crippen MR) is 165 cm³/mol. The Balaban J connectivity index is 1.24. The fourth-order valence-electron chi connectivity index (χ4n) is 5.31. The molecule has 0 unspecified atom stereocenters. The van der Waals surface area contributed by atoms with Crippen LogP contribution in [0.25, 0.3) is 22.4 Å². The highest BCUT2D eigenvalue weighted by Gasteiger charge is 2.18. The Kier molecular flexibility index (Phi) is 7.69. The Hall–Kier alpha value is -4.60. The second kappa shape index (κ2) is 11.7. The van der Waals surface area contributed by atoms with Gasteiger partial charge >= 0.3 is 0 Å². The highest BCUT2D eigenvalue weighted by atomic mass is 16.5. The predicted octanol–water partition coefficient (Wildman–Crippen LogP) is 5.44. The largest absolute Gasteiger partial charge is 0.437 e. The van der Waals surface area contributed by atoms with Gasteiger partial charge < -0.3 is 19.5 Å². The van der Waals surface area contributed by atoms with Crippen molar-refractivity contribution in [3.63, 3.8) is 0 Å². The number of amides is 1. The van der Waals surface area contributed by atoms with E-state index < -0.39 is 0 Å². The fourth-order valence-corrected chi connectivity index (χ4v) is 5.31. The summed E-state index contributed by atoms with van der Waals surface area (Å²) in [5.41, 5.74) is 6.88. The van der Waals surface area contributed by atoms with E-state index in [0.717, 1.165) is 66.1 Å². The van der Waals surface area contributed by atoms with Gasteiger partial charge in [0, 0.05) is 75.2 Å². The number of benzene rings is 2. The highest BCUT2D eigenvalue weighted by Crippen LogP contribution is 2.32. The number of pyridine rings is 1. The van der Waals surface area contributed by atoms with Gasteiger partial charge in [-0.1, -0.05) is 12.1 Å². The maximum absolute atomic E-state index is 13.4. The van der Waals surface area contributed by atoms with Crippen LogP contribution in [-0.4, -0.2) is 68.5 Å². The number of anilines is 1. The van der Waals surface area contributed by atoms with Crippen molar-refractivity contribution in [1.29, 1.82) is 0 Å². The molecule has 1 amide bonds. The minimum atomic E-state index is -0.194. The first-order valence-electron chi connectivity index (χ1n) is 14.2. The fraction of sp³-hybridized carbons (Fsp3) is 0.273. The molecule has 0 bridgehead atoms. The molecule has 9 heteroatoms. The van der Waals surface area contributed by atoms with Gasteiger partial charge in [0.15, 0.2) is 5.82 Å². The zero-order chi connectivity index (χ0) is 29.2. The summed E-state index contributed by atoms with van der Waals surface area (Å²) in [5, 5.41) is 3.10. The van der Waals surface area contributed by atoms with Crippen LogP contribution in [0.1, 0.15) is 27.0 Å². The number of likely N-dealkylation sites (N-methyl/N-ethyl adjacent to an activating group) is 1. The summed E-state index contributed by atoms with van der Waals surface area (Å²) >= 11 is 0. The third kappa shape index (κ3) is 6.02. The molecule has 3 aromatic heterocycles. The average Bonchev–Trinajstić information content (AvgIpc) is 3.36. The first kappa shape index (κ1) is 27.6. The van der Waals surface area contributed by atoms with Gasteiger partial charge in [-0.15, -0.1) is 0 Å². The summed E-state index contributed by atoms with van der Waals surface area (Å²) in [4.78, 5) is 31.8. The Bertz CT molecular complexity index is 1740. The molecule has 0 atom stereocenters. The molecule has 0 spiro atoms. The molecule has 2 aromatic carbocycles. The minimum Gasteiger partial charge on any atom is -0.437 e. The molecular formula is C33H35N7O2. The molecular weight excluding hydrogens is 526 g/mol. The zero-order valence-electron chi connectivity index (χ0n) is 24.5. The number of piperazine rings is 1. The number of aromatic nitrogens is 4. The maximum Gasteiger partial charge on any atom is 0.255 e. The monoisotopic (exact) mass is 561 g/mol. The Morgan fingerprint density at radius 2 is 1.71 bits per heavy atom. The number of carbonyl (C=O) groups excluding carboxylic acids is 1. The average molecular weight is 562 g/mol. The third-order valence-corrected chi connectivity index (χ3v) is 7.68. The number of hydrogen-bond acceptors (Lipinski definition) is 7. The third-order valence-electron chi connectivity index (χ3n) is 7.68. The van der Waals surface area contributed by atoms with Crippen molar-refractivity contribution in [1.82, 2.24) is 29.3 Å². The van der Waals surface area contributed by atoms with Crippen LogP contribution in [0, 0.1) is 13.8 Å². The van der Waals surface area contributed by atoms with Crippen molar-refractivity contribution in [2.75, 3.05) is 38.5 Å². The van der Waals surface area contributed by atoms with Gasteiger partial charge in [0.05, 0.1) is 5.52 Å². The van der Waals surface area contributed by atoms with E-state index >= 15 is 0 Å². The normalized spacial score (nSPS) is 14.3. The highest BCUT2D eigenvalue weighted by molar-refractivity contribution is 6.04. The van der Waals surface area contributed by atoms with Gasteiger partial charge in [-0.3, -0.25) is 14.7 Å². The zero-order valence-corrected chi connectivity index (χ0v) is 24.5. The van der Waals surface area contributed by atoms with E-state index in [9.17, 15) is 4.79 Å². The molecule has 5 aromatic rings. The number of fused-ring (bicyclic) bond motifs is 1. The van der Waals surface area contributed by atoms with Gasteiger partial charge in [-0.25, -0.2) is 4.98 Å². The molecule has 0 saturated carbocycles. The van der Waals surface area contributed by atoms with Crippen molar-refractivity contribution in [2.24, 2.45) is 7.05 Å². The van der Waals surface area contributed by atoms with E-state index in [4.69, 9.17) is 14.7 Å². The number of nitrogens with zero attached hydrogens (tertiary/aromatic N) is 6. The molecule has 0 aliphatic carbocycles. The number of aryl methyl sites for hydroxylation is 3. The number of carbonyl (C=O) groups is 1. The minimum absolute atomic E-state index is 0.194. The molecule has 42 heavy (non-hydrogen) atoms. The van der Waals surface area contributed by atoms with Crippen LogP contribution in [-0.2, 0) is 13.6 Å². The van der Waals surface area contributed by atoms with E-state index in [2.05, 4.69) is 46.2 Å². The van der Waals surface area contributed by atoms with E-state index in [1.54, 1.807) is 18.5 Å². The molecule has 1 fully saturated rings. The lowest BCUT2D eigenvalue weighted by atomic mass is 10.1.